The third-order valence-electron chi connectivity index (χ3n) is 9.31. The summed E-state index contributed by atoms with van der Waals surface area (Å²) in [7, 11) is -4.44. The van der Waals surface area contributed by atoms with Crippen LogP contribution in [-0.4, -0.2) is 54.3 Å². The van der Waals surface area contributed by atoms with Crippen LogP contribution < -0.4 is 5.32 Å². The van der Waals surface area contributed by atoms with Crippen LogP contribution in [0.4, 0.5) is 0 Å². The molecule has 338 valence electrons. The zero-order chi connectivity index (χ0) is 43.2. The lowest BCUT2D eigenvalue weighted by Gasteiger charge is -2.15. The lowest BCUT2D eigenvalue weighted by atomic mass is 10.1. The number of aliphatic hydroxyl groups is 1. The minimum atomic E-state index is -4.44. The number of hydrogen-bond donors (Lipinski definition) is 3. The summed E-state index contributed by atoms with van der Waals surface area (Å²) in [5.41, 5.74) is 0. The summed E-state index contributed by atoms with van der Waals surface area (Å²) in [4.78, 5) is 33.9. The van der Waals surface area contributed by atoms with Gasteiger partial charge in [0.25, 0.3) is 0 Å². The van der Waals surface area contributed by atoms with E-state index >= 15 is 0 Å². The second-order valence-corrected chi connectivity index (χ2v) is 16.4. The molecule has 0 aromatic heterocycles. The maximum Gasteiger partial charge on any atom is 0.472 e. The Kier molecular flexibility index (Phi) is 42.6. The fraction of sp³-hybridized carbons (Fsp3) is 0.673. The number of carbonyl (C=O) groups excluding carboxylic acids is 2. The quantitative estimate of drug-likeness (QED) is 0.0240. The van der Waals surface area contributed by atoms with Crippen LogP contribution in [0.2, 0.25) is 0 Å². The van der Waals surface area contributed by atoms with Crippen molar-refractivity contribution < 1.29 is 37.9 Å². The number of rotatable bonds is 42. The highest BCUT2D eigenvalue weighted by Gasteiger charge is 2.23. The van der Waals surface area contributed by atoms with Crippen LogP contribution in [0.3, 0.4) is 0 Å². The summed E-state index contributed by atoms with van der Waals surface area (Å²) in [5, 5.41) is 12.7. The van der Waals surface area contributed by atoms with Crippen molar-refractivity contribution in [1.29, 1.82) is 0 Å². The number of ether oxygens (including phenoxy) is 1. The van der Waals surface area contributed by atoms with Gasteiger partial charge < -0.3 is 20.1 Å². The van der Waals surface area contributed by atoms with Crippen molar-refractivity contribution in [3.63, 3.8) is 0 Å². The van der Waals surface area contributed by atoms with Gasteiger partial charge in [0.2, 0.25) is 5.91 Å². The number of aliphatic hydroxyl groups excluding tert-OH is 1. The summed E-state index contributed by atoms with van der Waals surface area (Å²) < 4.78 is 26.9. The third-order valence-corrected chi connectivity index (χ3v) is 10.3. The van der Waals surface area contributed by atoms with Gasteiger partial charge in [-0.15, -0.1) is 0 Å². The topological polar surface area (TPSA) is 131 Å². The van der Waals surface area contributed by atoms with Crippen molar-refractivity contribution in [3.8, 4) is 0 Å². The number of amides is 1. The van der Waals surface area contributed by atoms with Gasteiger partial charge in [0.05, 0.1) is 13.2 Å². The predicted molar refractivity (Wildman–Crippen MR) is 247 cm³/mol. The minimum absolute atomic E-state index is 0.0545. The number of hydrogen-bond acceptors (Lipinski definition) is 7. The molecule has 0 rings (SSSR count). The number of nitrogens with one attached hydrogen (secondary N) is 1. The average Bonchev–Trinajstić information content (AvgIpc) is 3.22. The predicted octanol–water partition coefficient (Wildman–Crippen LogP) is 13.2. The monoisotopic (exact) mass is 846 g/mol. The lowest BCUT2D eigenvalue weighted by molar-refractivity contribution is -0.147. The normalized spacial score (nSPS) is 14.0. The van der Waals surface area contributed by atoms with Crippen molar-refractivity contribution in [2.75, 3.05) is 26.4 Å². The Bertz CT molecular complexity index is 1240. The molecule has 3 N–H and O–H groups in total. The molecule has 0 aromatic carbocycles. The largest absolute Gasteiger partial charge is 0.472 e. The fourth-order valence-electron chi connectivity index (χ4n) is 5.85. The van der Waals surface area contributed by atoms with E-state index in [1.54, 1.807) is 0 Å². The first-order valence-corrected chi connectivity index (χ1v) is 24.6. The molecule has 2 unspecified atom stereocenters. The Morgan fingerprint density at radius 1 is 0.542 bits per heavy atom. The van der Waals surface area contributed by atoms with Gasteiger partial charge in [-0.2, -0.15) is 0 Å². The second-order valence-electron chi connectivity index (χ2n) is 15.0. The zero-order valence-corrected chi connectivity index (χ0v) is 38.1. The van der Waals surface area contributed by atoms with Gasteiger partial charge in [0, 0.05) is 19.4 Å². The molecular formula is C49H84NO8P. The first-order chi connectivity index (χ1) is 28.8. The number of allylic oxidation sites excluding steroid dienone is 14. The van der Waals surface area contributed by atoms with Crippen molar-refractivity contribution in [2.45, 2.75) is 187 Å². The van der Waals surface area contributed by atoms with Gasteiger partial charge in [-0.25, -0.2) is 4.57 Å². The lowest BCUT2D eigenvalue weighted by Crippen LogP contribution is -2.27. The fourth-order valence-corrected chi connectivity index (χ4v) is 6.60. The van der Waals surface area contributed by atoms with Gasteiger partial charge in [-0.05, 0) is 89.9 Å². The number of phosphoric acid groups is 1. The minimum Gasteiger partial charge on any atom is -0.463 e. The molecule has 0 bridgehead atoms. The Balaban J connectivity index is 3.64. The van der Waals surface area contributed by atoms with Gasteiger partial charge in [0.1, 0.15) is 12.7 Å². The highest BCUT2D eigenvalue weighted by Crippen LogP contribution is 2.42. The second kappa shape index (κ2) is 44.7. The van der Waals surface area contributed by atoms with E-state index in [9.17, 15) is 24.2 Å². The highest BCUT2D eigenvalue weighted by atomic mass is 31.2. The zero-order valence-electron chi connectivity index (χ0n) is 37.2. The van der Waals surface area contributed by atoms with Gasteiger partial charge in [0.15, 0.2) is 0 Å². The summed E-state index contributed by atoms with van der Waals surface area (Å²) in [6.45, 7) is 3.34. The van der Waals surface area contributed by atoms with Crippen molar-refractivity contribution in [1.82, 2.24) is 5.32 Å². The Labute approximate surface area is 360 Å². The van der Waals surface area contributed by atoms with Crippen LogP contribution in [0.25, 0.3) is 0 Å². The third kappa shape index (κ3) is 46.1. The van der Waals surface area contributed by atoms with E-state index in [0.717, 1.165) is 77.0 Å². The number of carbonyl (C=O) groups is 2. The van der Waals surface area contributed by atoms with Gasteiger partial charge >= 0.3 is 13.8 Å². The molecule has 0 aromatic rings. The Hall–Kier alpha value is -2.81. The molecule has 10 heteroatoms. The first-order valence-electron chi connectivity index (χ1n) is 23.1. The van der Waals surface area contributed by atoms with Crippen molar-refractivity contribution in [2.24, 2.45) is 0 Å². The van der Waals surface area contributed by atoms with E-state index in [2.05, 4.69) is 104 Å². The standard InChI is InChI=1S/C49H84NO8P/c1-3-5-7-9-11-13-15-17-19-20-21-22-23-24-25-26-28-30-32-34-36-38-40-42-49(53)56-45-47(51)46-58-59(54,55)57-44-43-50-48(52)41-39-37-35-33-31-29-27-18-16-14-12-10-8-6-4-2/h6,8,11-14,17-19,21-22,27,31,33,47,51H,3-5,7,9-10,15-16,20,23-26,28-30,32,34-46H2,1-2H3,(H,50,52)(H,54,55)/b8-6-,13-11-,14-12-,19-17-,22-21-,27-18-,33-31-. The molecule has 0 fully saturated rings. The Morgan fingerprint density at radius 2 is 0.966 bits per heavy atom. The first kappa shape index (κ1) is 56.2. The van der Waals surface area contributed by atoms with Crippen LogP contribution in [0, 0.1) is 0 Å². The summed E-state index contributed by atoms with van der Waals surface area (Å²) in [5.74, 6) is -0.568. The number of esters is 1. The molecule has 1 amide bonds. The van der Waals surface area contributed by atoms with Crippen molar-refractivity contribution >= 4 is 19.7 Å². The maximum atomic E-state index is 12.1. The molecule has 0 radical (unpaired) electrons. The number of unbranched alkanes of at least 4 members (excludes halogenated alkanes) is 15. The van der Waals surface area contributed by atoms with Gasteiger partial charge in [-0.1, -0.05) is 163 Å². The van der Waals surface area contributed by atoms with Gasteiger partial charge in [-0.3, -0.25) is 18.6 Å². The van der Waals surface area contributed by atoms with E-state index in [1.807, 2.05) is 0 Å². The van der Waals surface area contributed by atoms with Crippen LogP contribution in [-0.2, 0) is 27.9 Å². The molecule has 0 aliphatic heterocycles. The summed E-state index contributed by atoms with van der Waals surface area (Å²) in [6, 6.07) is 0. The molecule has 59 heavy (non-hydrogen) atoms. The van der Waals surface area contributed by atoms with Crippen LogP contribution in [0.1, 0.15) is 181 Å². The molecule has 0 saturated heterocycles. The highest BCUT2D eigenvalue weighted by molar-refractivity contribution is 7.47. The molecule has 0 aliphatic carbocycles. The SMILES string of the molecule is CC/C=C\C/C=C\C/C=C\C/C=C\CCCCC(=O)NCCOP(=O)(O)OCC(O)COC(=O)CCCCCCCCCCCC/C=C\C/C=C\C/C=C\CCCCC. The molecule has 0 aliphatic rings. The molecule has 0 spiro atoms. The Morgan fingerprint density at radius 3 is 1.47 bits per heavy atom. The molecule has 0 heterocycles. The van der Waals surface area contributed by atoms with E-state index in [4.69, 9.17) is 13.8 Å². The maximum absolute atomic E-state index is 12.1. The molecule has 2 atom stereocenters. The summed E-state index contributed by atoms with van der Waals surface area (Å²) >= 11 is 0. The van der Waals surface area contributed by atoms with Crippen LogP contribution in [0.5, 0.6) is 0 Å². The van der Waals surface area contributed by atoms with E-state index < -0.39 is 26.5 Å². The van der Waals surface area contributed by atoms with E-state index in [1.165, 1.54) is 77.0 Å². The average molecular weight is 846 g/mol. The van der Waals surface area contributed by atoms with Crippen LogP contribution in [0.15, 0.2) is 85.1 Å². The van der Waals surface area contributed by atoms with E-state index in [-0.39, 0.29) is 32.1 Å². The number of phosphoric ester groups is 1. The molecular weight excluding hydrogens is 762 g/mol. The van der Waals surface area contributed by atoms with E-state index in [0.29, 0.717) is 6.42 Å². The molecule has 9 nitrogen and oxygen atoms in total. The smallest absolute Gasteiger partial charge is 0.463 e. The summed E-state index contributed by atoms with van der Waals surface area (Å²) in [6.07, 6.45) is 56.6. The van der Waals surface area contributed by atoms with Crippen molar-refractivity contribution in [3.05, 3.63) is 85.1 Å². The molecule has 0 saturated carbocycles. The van der Waals surface area contributed by atoms with Crippen LogP contribution >= 0.6 is 7.82 Å².